The van der Waals surface area contributed by atoms with Gasteiger partial charge in [0.25, 0.3) is 0 Å². The van der Waals surface area contributed by atoms with Crippen molar-refractivity contribution in [1.82, 2.24) is 9.80 Å². The molecular formula is C22H32N2O4. The summed E-state index contributed by atoms with van der Waals surface area (Å²) in [5.74, 6) is -0.356. The van der Waals surface area contributed by atoms with Crippen molar-refractivity contribution in [1.29, 1.82) is 0 Å². The van der Waals surface area contributed by atoms with Crippen LogP contribution in [-0.4, -0.2) is 66.2 Å². The average molecular weight is 389 g/mol. The van der Waals surface area contributed by atoms with Crippen LogP contribution in [0.1, 0.15) is 33.3 Å². The lowest BCUT2D eigenvalue weighted by Gasteiger charge is -2.57. The molecule has 2 unspecified atom stereocenters. The Labute approximate surface area is 167 Å². The Hall–Kier alpha value is -1.63. The molecule has 0 saturated carbocycles. The standard InChI is InChI=1S/C22H32N2O4/c1-16-19-15-23(12-17-8-6-5-7-9-17)13-18(22(19)26-10-11-27-22)14-24(16)20(25)28-21(2,3)4/h5-9,16,18-19H,10-15H2,1-4H3/t16?,18-,19?/m0/s1. The van der Waals surface area contributed by atoms with Gasteiger partial charge in [-0.25, -0.2) is 4.79 Å². The van der Waals surface area contributed by atoms with Gasteiger partial charge in [0.05, 0.1) is 13.2 Å². The third-order valence-electron chi connectivity index (χ3n) is 6.13. The number of carbonyl (C=O) groups excluding carboxylic acids is 1. The van der Waals surface area contributed by atoms with E-state index in [4.69, 9.17) is 14.2 Å². The van der Waals surface area contributed by atoms with Crippen LogP contribution in [0.2, 0.25) is 0 Å². The first-order valence-electron chi connectivity index (χ1n) is 10.3. The summed E-state index contributed by atoms with van der Waals surface area (Å²) in [6.07, 6.45) is -0.237. The molecule has 3 aliphatic heterocycles. The van der Waals surface area contributed by atoms with E-state index >= 15 is 0 Å². The van der Waals surface area contributed by atoms with Crippen molar-refractivity contribution in [2.75, 3.05) is 32.8 Å². The van der Waals surface area contributed by atoms with Gasteiger partial charge in [0.1, 0.15) is 5.60 Å². The molecule has 0 aromatic heterocycles. The predicted octanol–water partition coefficient (Wildman–Crippen LogP) is 3.12. The van der Waals surface area contributed by atoms with Gasteiger partial charge in [-0.15, -0.1) is 0 Å². The molecule has 3 heterocycles. The Morgan fingerprint density at radius 1 is 1.14 bits per heavy atom. The molecule has 3 atom stereocenters. The van der Waals surface area contributed by atoms with Crippen LogP contribution >= 0.6 is 0 Å². The minimum absolute atomic E-state index is 0.0113. The van der Waals surface area contributed by atoms with E-state index in [1.165, 1.54) is 5.56 Å². The molecule has 3 aliphatic rings. The number of amides is 1. The summed E-state index contributed by atoms with van der Waals surface area (Å²) in [5.41, 5.74) is 0.808. The zero-order valence-electron chi connectivity index (χ0n) is 17.4. The lowest BCUT2D eigenvalue weighted by molar-refractivity contribution is -0.285. The molecule has 2 bridgehead atoms. The fourth-order valence-corrected chi connectivity index (χ4v) is 4.94. The first-order chi connectivity index (χ1) is 13.3. The number of nitrogens with zero attached hydrogens (tertiary/aromatic N) is 2. The molecule has 0 N–H and O–H groups in total. The van der Waals surface area contributed by atoms with Crippen LogP contribution in [-0.2, 0) is 20.8 Å². The van der Waals surface area contributed by atoms with Gasteiger partial charge in [-0.1, -0.05) is 30.3 Å². The number of benzene rings is 1. The number of carbonyl (C=O) groups is 1. The number of rotatable bonds is 2. The van der Waals surface area contributed by atoms with Crippen LogP contribution in [0.5, 0.6) is 0 Å². The largest absolute Gasteiger partial charge is 0.444 e. The Morgan fingerprint density at radius 2 is 1.82 bits per heavy atom. The van der Waals surface area contributed by atoms with Crippen molar-refractivity contribution < 1.29 is 19.0 Å². The van der Waals surface area contributed by atoms with E-state index in [2.05, 4.69) is 36.1 Å². The molecule has 0 aliphatic carbocycles. The van der Waals surface area contributed by atoms with Crippen molar-refractivity contribution in [3.63, 3.8) is 0 Å². The van der Waals surface area contributed by atoms with Crippen molar-refractivity contribution >= 4 is 6.09 Å². The van der Waals surface area contributed by atoms with E-state index in [9.17, 15) is 4.79 Å². The zero-order valence-corrected chi connectivity index (χ0v) is 17.4. The maximum absolute atomic E-state index is 12.8. The summed E-state index contributed by atoms with van der Waals surface area (Å²) in [5, 5.41) is 0. The van der Waals surface area contributed by atoms with Gasteiger partial charge < -0.3 is 19.1 Å². The van der Waals surface area contributed by atoms with Gasteiger partial charge >= 0.3 is 6.09 Å². The molecule has 3 saturated heterocycles. The summed E-state index contributed by atoms with van der Waals surface area (Å²) in [4.78, 5) is 17.2. The summed E-state index contributed by atoms with van der Waals surface area (Å²) < 4.78 is 18.1. The molecule has 4 rings (SSSR count). The maximum atomic E-state index is 12.8. The number of hydrogen-bond acceptors (Lipinski definition) is 5. The molecule has 28 heavy (non-hydrogen) atoms. The molecule has 1 aromatic carbocycles. The van der Waals surface area contributed by atoms with Crippen LogP contribution in [0.25, 0.3) is 0 Å². The molecule has 1 aromatic rings. The fraction of sp³-hybridized carbons (Fsp3) is 0.682. The molecule has 6 nitrogen and oxygen atoms in total. The second-order valence-electron chi connectivity index (χ2n) is 9.27. The van der Waals surface area contributed by atoms with E-state index in [1.807, 2.05) is 31.7 Å². The second-order valence-corrected chi connectivity index (χ2v) is 9.27. The highest BCUT2D eigenvalue weighted by Crippen LogP contribution is 2.47. The van der Waals surface area contributed by atoms with Crippen LogP contribution < -0.4 is 0 Å². The van der Waals surface area contributed by atoms with Crippen molar-refractivity contribution in [2.24, 2.45) is 11.8 Å². The highest BCUT2D eigenvalue weighted by atomic mass is 16.7. The maximum Gasteiger partial charge on any atom is 0.410 e. The van der Waals surface area contributed by atoms with E-state index in [1.54, 1.807) is 0 Å². The van der Waals surface area contributed by atoms with E-state index < -0.39 is 11.4 Å². The van der Waals surface area contributed by atoms with Gasteiger partial charge in [0, 0.05) is 44.1 Å². The first-order valence-corrected chi connectivity index (χ1v) is 10.3. The quantitative estimate of drug-likeness (QED) is 0.779. The Morgan fingerprint density at radius 3 is 2.46 bits per heavy atom. The van der Waals surface area contributed by atoms with E-state index in [-0.39, 0.29) is 24.0 Å². The monoisotopic (exact) mass is 388 g/mol. The number of piperidine rings is 2. The van der Waals surface area contributed by atoms with Crippen molar-refractivity contribution in [3.05, 3.63) is 35.9 Å². The highest BCUT2D eigenvalue weighted by molar-refractivity contribution is 5.69. The average Bonchev–Trinajstić information content (AvgIpc) is 3.09. The smallest absolute Gasteiger partial charge is 0.410 e. The third kappa shape index (κ3) is 3.65. The SMILES string of the molecule is CC1C2CN(Cc3ccccc3)C[C@@H](CN1C(=O)OC(C)(C)C)C21OCCO1. The van der Waals surface area contributed by atoms with Gasteiger partial charge in [0.15, 0.2) is 5.79 Å². The summed E-state index contributed by atoms with van der Waals surface area (Å²) in [7, 11) is 0. The lowest BCUT2D eigenvalue weighted by atomic mass is 9.74. The first kappa shape index (κ1) is 19.7. The van der Waals surface area contributed by atoms with E-state index in [0.717, 1.165) is 19.6 Å². The van der Waals surface area contributed by atoms with Crippen molar-refractivity contribution in [3.8, 4) is 0 Å². The fourth-order valence-electron chi connectivity index (χ4n) is 4.94. The van der Waals surface area contributed by atoms with Gasteiger partial charge in [0.2, 0.25) is 0 Å². The van der Waals surface area contributed by atoms with Crippen molar-refractivity contribution in [2.45, 2.75) is 51.7 Å². The molecule has 1 amide bonds. The minimum Gasteiger partial charge on any atom is -0.444 e. The summed E-state index contributed by atoms with van der Waals surface area (Å²) in [6, 6.07) is 10.5. The van der Waals surface area contributed by atoms with Crippen LogP contribution in [0, 0.1) is 11.8 Å². The number of ether oxygens (including phenoxy) is 3. The Bertz CT molecular complexity index is 696. The Balaban J connectivity index is 1.55. The minimum atomic E-state index is -0.564. The van der Waals surface area contributed by atoms with Gasteiger partial charge in [-0.05, 0) is 33.3 Å². The number of hydrogen-bond donors (Lipinski definition) is 0. The molecule has 6 heteroatoms. The molecule has 0 radical (unpaired) electrons. The zero-order chi connectivity index (χ0) is 19.9. The van der Waals surface area contributed by atoms with E-state index in [0.29, 0.717) is 19.8 Å². The predicted molar refractivity (Wildman–Crippen MR) is 106 cm³/mol. The molecular weight excluding hydrogens is 356 g/mol. The molecule has 154 valence electrons. The second kappa shape index (κ2) is 7.32. The van der Waals surface area contributed by atoms with Crippen LogP contribution in [0.3, 0.4) is 0 Å². The highest BCUT2D eigenvalue weighted by Gasteiger charge is 2.61. The van der Waals surface area contributed by atoms with Gasteiger partial charge in [-0.3, -0.25) is 4.90 Å². The number of likely N-dealkylation sites (tertiary alicyclic amines) is 2. The van der Waals surface area contributed by atoms with Crippen LogP contribution in [0.4, 0.5) is 4.79 Å². The molecule has 3 fully saturated rings. The summed E-state index contributed by atoms with van der Waals surface area (Å²) in [6.45, 7) is 12.3. The third-order valence-corrected chi connectivity index (χ3v) is 6.13. The lowest BCUT2D eigenvalue weighted by Crippen LogP contribution is -2.71. The van der Waals surface area contributed by atoms with Crippen LogP contribution in [0.15, 0.2) is 30.3 Å². The van der Waals surface area contributed by atoms with Gasteiger partial charge in [-0.2, -0.15) is 0 Å². The topological polar surface area (TPSA) is 51.2 Å². The molecule has 1 spiro atoms. The normalized spacial score (nSPS) is 29.9. The summed E-state index contributed by atoms with van der Waals surface area (Å²) >= 11 is 0. The Kier molecular flexibility index (Phi) is 5.14.